The van der Waals surface area contributed by atoms with Crippen molar-refractivity contribution in [2.75, 3.05) is 6.54 Å². The molecular formula is C16H17F2NO2S. The van der Waals surface area contributed by atoms with Crippen molar-refractivity contribution in [2.45, 2.75) is 19.1 Å². The zero-order chi connectivity index (χ0) is 16.2. The Balaban J connectivity index is 1.89. The quantitative estimate of drug-likeness (QED) is 0.887. The van der Waals surface area contributed by atoms with Crippen LogP contribution in [0.4, 0.5) is 8.78 Å². The normalized spacial score (nSPS) is 11.6. The molecule has 0 aliphatic carbocycles. The Morgan fingerprint density at radius 2 is 1.64 bits per heavy atom. The summed E-state index contributed by atoms with van der Waals surface area (Å²) >= 11 is 0. The van der Waals surface area contributed by atoms with Gasteiger partial charge in [0.25, 0.3) is 0 Å². The maximum atomic E-state index is 13.1. The molecule has 0 saturated carbocycles. The van der Waals surface area contributed by atoms with Gasteiger partial charge in [-0.1, -0.05) is 24.3 Å². The van der Waals surface area contributed by atoms with Crippen molar-refractivity contribution in [3.63, 3.8) is 0 Å². The van der Waals surface area contributed by atoms with Crippen molar-refractivity contribution < 1.29 is 17.2 Å². The lowest BCUT2D eigenvalue weighted by atomic mass is 10.1. The standard InChI is InChI=1S/C16H17F2NO2S/c1-12-10-13(4-7-16(12)18)8-9-19-22(20,21)11-14-2-5-15(17)6-3-14/h2-7,10,19H,8-9,11H2,1H3. The summed E-state index contributed by atoms with van der Waals surface area (Å²) in [6.07, 6.45) is 0.476. The van der Waals surface area contributed by atoms with E-state index in [-0.39, 0.29) is 18.1 Å². The summed E-state index contributed by atoms with van der Waals surface area (Å²) in [5.74, 6) is -0.878. The third kappa shape index (κ3) is 4.89. The summed E-state index contributed by atoms with van der Waals surface area (Å²) in [5.41, 5.74) is 1.92. The van der Waals surface area contributed by atoms with E-state index in [4.69, 9.17) is 0 Å². The van der Waals surface area contributed by atoms with Gasteiger partial charge in [-0.2, -0.15) is 0 Å². The highest BCUT2D eigenvalue weighted by molar-refractivity contribution is 7.88. The monoisotopic (exact) mass is 325 g/mol. The number of hydrogen-bond acceptors (Lipinski definition) is 2. The van der Waals surface area contributed by atoms with Crippen LogP contribution >= 0.6 is 0 Å². The first kappa shape index (κ1) is 16.6. The summed E-state index contributed by atoms with van der Waals surface area (Å²) in [6, 6.07) is 10.0. The molecule has 0 fully saturated rings. The van der Waals surface area contributed by atoms with E-state index in [2.05, 4.69) is 4.72 Å². The predicted octanol–water partition coefficient (Wildman–Crippen LogP) is 2.94. The minimum absolute atomic E-state index is 0.199. The lowest BCUT2D eigenvalue weighted by Crippen LogP contribution is -2.27. The van der Waals surface area contributed by atoms with Crippen molar-refractivity contribution in [2.24, 2.45) is 0 Å². The molecule has 0 unspecified atom stereocenters. The van der Waals surface area contributed by atoms with Gasteiger partial charge in [-0.25, -0.2) is 21.9 Å². The maximum Gasteiger partial charge on any atom is 0.215 e. The molecule has 0 spiro atoms. The Labute approximate surface area is 129 Å². The number of sulfonamides is 1. The molecule has 2 aromatic carbocycles. The van der Waals surface area contributed by atoms with Gasteiger partial charge in [-0.3, -0.25) is 0 Å². The van der Waals surface area contributed by atoms with E-state index in [9.17, 15) is 17.2 Å². The summed E-state index contributed by atoms with van der Waals surface area (Å²) in [6.45, 7) is 1.89. The van der Waals surface area contributed by atoms with Crippen molar-refractivity contribution in [1.82, 2.24) is 4.72 Å². The van der Waals surface area contributed by atoms with E-state index < -0.39 is 15.8 Å². The van der Waals surface area contributed by atoms with Gasteiger partial charge >= 0.3 is 0 Å². The molecule has 0 aliphatic rings. The Kier molecular flexibility index (Phi) is 5.26. The second-order valence-corrected chi connectivity index (χ2v) is 6.92. The summed E-state index contributed by atoms with van der Waals surface area (Å²) < 4.78 is 52.3. The second-order valence-electron chi connectivity index (χ2n) is 5.11. The zero-order valence-corrected chi connectivity index (χ0v) is 13.0. The average molecular weight is 325 g/mol. The number of rotatable bonds is 6. The molecule has 2 rings (SSSR count). The van der Waals surface area contributed by atoms with Crippen molar-refractivity contribution >= 4 is 10.0 Å². The molecule has 1 N–H and O–H groups in total. The number of nitrogens with one attached hydrogen (secondary N) is 1. The highest BCUT2D eigenvalue weighted by atomic mass is 32.2. The van der Waals surface area contributed by atoms with Gasteiger partial charge < -0.3 is 0 Å². The first-order valence-corrected chi connectivity index (χ1v) is 8.48. The summed E-state index contributed by atoms with van der Waals surface area (Å²) in [5, 5.41) is 0. The van der Waals surface area contributed by atoms with Crippen LogP contribution in [-0.2, 0) is 22.2 Å². The molecule has 6 heteroatoms. The maximum absolute atomic E-state index is 13.1. The van der Waals surface area contributed by atoms with Crippen molar-refractivity contribution in [3.05, 3.63) is 70.8 Å². The summed E-state index contributed by atoms with van der Waals surface area (Å²) in [4.78, 5) is 0. The molecule has 0 heterocycles. The number of aryl methyl sites for hydroxylation is 1. The first-order chi connectivity index (χ1) is 10.4. The topological polar surface area (TPSA) is 46.2 Å². The van der Waals surface area contributed by atoms with Crippen molar-refractivity contribution in [1.29, 1.82) is 0 Å². The van der Waals surface area contributed by atoms with E-state index in [1.807, 2.05) is 0 Å². The van der Waals surface area contributed by atoms with E-state index in [1.165, 1.54) is 30.3 Å². The van der Waals surface area contributed by atoms with Crippen LogP contribution in [-0.4, -0.2) is 15.0 Å². The Morgan fingerprint density at radius 1 is 1.00 bits per heavy atom. The van der Waals surface area contributed by atoms with Crippen LogP contribution in [0.3, 0.4) is 0 Å². The predicted molar refractivity (Wildman–Crippen MR) is 81.9 cm³/mol. The molecule has 0 amide bonds. The minimum atomic E-state index is -3.48. The largest absolute Gasteiger partial charge is 0.215 e. The van der Waals surface area contributed by atoms with Gasteiger partial charge in [-0.15, -0.1) is 0 Å². The number of hydrogen-bond donors (Lipinski definition) is 1. The SMILES string of the molecule is Cc1cc(CCNS(=O)(=O)Cc2ccc(F)cc2)ccc1F. The van der Waals surface area contributed by atoms with E-state index in [0.717, 1.165) is 5.56 Å². The Hall–Kier alpha value is -1.79. The molecular weight excluding hydrogens is 308 g/mol. The average Bonchev–Trinajstić information content (AvgIpc) is 2.45. The number of halogens is 2. The van der Waals surface area contributed by atoms with E-state index >= 15 is 0 Å². The van der Waals surface area contributed by atoms with Gasteiger partial charge in [-0.05, 0) is 48.2 Å². The van der Waals surface area contributed by atoms with Crippen LogP contribution in [0.25, 0.3) is 0 Å². The molecule has 22 heavy (non-hydrogen) atoms. The van der Waals surface area contributed by atoms with Gasteiger partial charge in [0.2, 0.25) is 10.0 Å². The van der Waals surface area contributed by atoms with Gasteiger partial charge in [0.15, 0.2) is 0 Å². The smallest absolute Gasteiger partial charge is 0.215 e. The minimum Gasteiger partial charge on any atom is -0.215 e. The molecule has 0 aromatic heterocycles. The lowest BCUT2D eigenvalue weighted by Gasteiger charge is -2.08. The van der Waals surface area contributed by atoms with Gasteiger partial charge in [0, 0.05) is 6.54 Å². The molecule has 3 nitrogen and oxygen atoms in total. The molecule has 0 aliphatic heterocycles. The second kappa shape index (κ2) is 6.98. The first-order valence-electron chi connectivity index (χ1n) is 6.82. The third-order valence-corrected chi connectivity index (χ3v) is 4.59. The van der Waals surface area contributed by atoms with E-state index in [0.29, 0.717) is 17.5 Å². The third-order valence-electron chi connectivity index (χ3n) is 3.23. The molecule has 0 saturated heterocycles. The molecule has 0 atom stereocenters. The number of benzene rings is 2. The van der Waals surface area contributed by atoms with Gasteiger partial charge in [0.05, 0.1) is 5.75 Å². The Bertz CT molecular complexity index is 743. The van der Waals surface area contributed by atoms with Crippen molar-refractivity contribution in [3.8, 4) is 0 Å². The highest BCUT2D eigenvalue weighted by Crippen LogP contribution is 2.10. The van der Waals surface area contributed by atoms with Crippen LogP contribution in [0.1, 0.15) is 16.7 Å². The van der Waals surface area contributed by atoms with Crippen LogP contribution in [0.15, 0.2) is 42.5 Å². The van der Waals surface area contributed by atoms with Crippen LogP contribution < -0.4 is 4.72 Å². The molecule has 118 valence electrons. The fraction of sp³-hybridized carbons (Fsp3) is 0.250. The molecule has 0 bridgehead atoms. The fourth-order valence-corrected chi connectivity index (χ4v) is 3.21. The Morgan fingerprint density at radius 3 is 2.27 bits per heavy atom. The van der Waals surface area contributed by atoms with Crippen LogP contribution in [0, 0.1) is 18.6 Å². The highest BCUT2D eigenvalue weighted by Gasteiger charge is 2.11. The molecule has 2 aromatic rings. The summed E-state index contributed by atoms with van der Waals surface area (Å²) in [7, 11) is -3.48. The zero-order valence-electron chi connectivity index (χ0n) is 12.1. The van der Waals surface area contributed by atoms with Crippen LogP contribution in [0.5, 0.6) is 0 Å². The van der Waals surface area contributed by atoms with E-state index in [1.54, 1.807) is 19.1 Å². The fourth-order valence-electron chi connectivity index (χ4n) is 2.06. The van der Waals surface area contributed by atoms with Crippen LogP contribution in [0.2, 0.25) is 0 Å². The van der Waals surface area contributed by atoms with Gasteiger partial charge in [0.1, 0.15) is 11.6 Å². The molecule has 0 radical (unpaired) electrons. The lowest BCUT2D eigenvalue weighted by molar-refractivity contribution is 0.580.